The van der Waals surface area contributed by atoms with Crippen LogP contribution in [0, 0.1) is 5.92 Å². The van der Waals surface area contributed by atoms with Crippen molar-refractivity contribution in [3.05, 3.63) is 94.0 Å². The van der Waals surface area contributed by atoms with Gasteiger partial charge in [-0.1, -0.05) is 64.5 Å². The molecule has 2 aliphatic heterocycles. The van der Waals surface area contributed by atoms with Crippen molar-refractivity contribution < 1.29 is 24.2 Å². The molecule has 8 nitrogen and oxygen atoms in total. The van der Waals surface area contributed by atoms with Crippen LogP contribution in [-0.4, -0.2) is 46.4 Å². The van der Waals surface area contributed by atoms with Crippen LogP contribution in [0.15, 0.2) is 93.0 Å². The maximum absolute atomic E-state index is 13.5. The van der Waals surface area contributed by atoms with Gasteiger partial charge < -0.3 is 9.84 Å². The number of methoxy groups -OCH3 is 1. The molecule has 3 aliphatic rings. The van der Waals surface area contributed by atoms with Crippen molar-refractivity contribution in [3.63, 3.8) is 0 Å². The Morgan fingerprint density at radius 1 is 1.08 bits per heavy atom. The molecule has 2 amide bonds. The van der Waals surface area contributed by atoms with Gasteiger partial charge in [-0.15, -0.1) is 0 Å². The highest BCUT2D eigenvalue weighted by atomic mass is 79.9. The lowest BCUT2D eigenvalue weighted by atomic mass is 9.79. The minimum absolute atomic E-state index is 0.206. The van der Waals surface area contributed by atoms with Crippen molar-refractivity contribution in [2.45, 2.75) is 25.3 Å². The summed E-state index contributed by atoms with van der Waals surface area (Å²) >= 11 is 3.55. The Bertz CT molecular complexity index is 1450. The Hall–Kier alpha value is -4.11. The number of amides is 2. The predicted molar refractivity (Wildman–Crippen MR) is 147 cm³/mol. The number of benzene rings is 2. The molecule has 192 valence electrons. The van der Waals surface area contributed by atoms with Crippen molar-refractivity contribution in [3.8, 4) is 5.75 Å². The van der Waals surface area contributed by atoms with E-state index in [-0.39, 0.29) is 25.2 Å². The molecule has 0 saturated heterocycles. The van der Waals surface area contributed by atoms with E-state index in [1.54, 1.807) is 19.2 Å². The number of fused-ring (bicyclic) bond motifs is 1. The number of carboxylic acids is 1. The Balaban J connectivity index is 1.62. The van der Waals surface area contributed by atoms with Gasteiger partial charge in [-0.2, -0.15) is 5.10 Å². The quantitative estimate of drug-likeness (QED) is 0.496. The molecule has 2 aromatic rings. The summed E-state index contributed by atoms with van der Waals surface area (Å²) in [7, 11) is 1.57. The van der Waals surface area contributed by atoms with Gasteiger partial charge in [0.2, 0.25) is 5.91 Å². The van der Waals surface area contributed by atoms with E-state index in [0.29, 0.717) is 22.7 Å². The number of aliphatic imine (C=N–C) groups is 1. The summed E-state index contributed by atoms with van der Waals surface area (Å²) in [6, 6.07) is 16.4. The number of hydrazone groups is 1. The second-order valence-corrected chi connectivity index (χ2v) is 9.95. The normalized spacial score (nSPS) is 20.5. The summed E-state index contributed by atoms with van der Waals surface area (Å²) in [5, 5.41) is 15.1. The number of ether oxygens (including phenoxy) is 1. The Labute approximate surface area is 227 Å². The van der Waals surface area contributed by atoms with Crippen LogP contribution < -0.4 is 4.74 Å². The van der Waals surface area contributed by atoms with E-state index in [9.17, 15) is 14.4 Å². The van der Waals surface area contributed by atoms with Crippen molar-refractivity contribution >= 4 is 50.7 Å². The van der Waals surface area contributed by atoms with Crippen LogP contribution in [0.25, 0.3) is 5.57 Å². The van der Waals surface area contributed by atoms with Crippen molar-refractivity contribution in [1.29, 1.82) is 0 Å². The fraction of sp³-hybridized carbons (Fsp3) is 0.207. The number of aliphatic carboxylic acids is 1. The van der Waals surface area contributed by atoms with Crippen LogP contribution in [0.3, 0.4) is 0 Å². The predicted octanol–water partition coefficient (Wildman–Crippen LogP) is 5.09. The highest BCUT2D eigenvalue weighted by molar-refractivity contribution is 9.11. The van der Waals surface area contributed by atoms with Crippen molar-refractivity contribution in [1.82, 2.24) is 5.01 Å². The molecule has 0 saturated carbocycles. The summed E-state index contributed by atoms with van der Waals surface area (Å²) < 4.78 is 6.14. The van der Waals surface area contributed by atoms with Gasteiger partial charge in [0.25, 0.3) is 5.91 Å². The Kier molecular flexibility index (Phi) is 7.20. The smallest absolute Gasteiger partial charge is 0.303 e. The monoisotopic (exact) mass is 573 g/mol. The average molecular weight is 574 g/mol. The Morgan fingerprint density at radius 2 is 1.82 bits per heavy atom. The number of rotatable bonds is 7. The number of hydrogen-bond donors (Lipinski definition) is 1. The largest absolute Gasteiger partial charge is 0.497 e. The first-order valence-corrected chi connectivity index (χ1v) is 12.9. The number of carboxylic acid groups (broad SMARTS) is 1. The van der Waals surface area contributed by atoms with Crippen molar-refractivity contribution in [2.75, 3.05) is 7.11 Å². The SMILES string of the molecule is COc1ccc(C2CC(C3=C(c4ccccc4)C4C=C(Br)C=CC4=NC3=O)=NN2C(=O)CCC(=O)O)cc1. The lowest BCUT2D eigenvalue weighted by Crippen LogP contribution is -2.27. The number of dihydropyridines is 1. The molecular weight excluding hydrogens is 550 g/mol. The third-order valence-electron chi connectivity index (χ3n) is 6.68. The van der Waals surface area contributed by atoms with E-state index in [1.165, 1.54) is 5.01 Å². The molecule has 2 atom stereocenters. The van der Waals surface area contributed by atoms with Gasteiger partial charge in [0.15, 0.2) is 0 Å². The first-order chi connectivity index (χ1) is 18.4. The standard InChI is InChI=1S/C29H24BrN3O5/c1-38-20-10-7-17(8-11-20)24-16-23(32-33(24)25(34)13-14-26(35)36)28-27(18-5-3-2-4-6-18)21-15-19(30)9-12-22(21)31-29(28)37/h2-12,15,21,24H,13-14,16H2,1H3,(H,35,36). The highest BCUT2D eigenvalue weighted by Gasteiger charge is 2.40. The van der Waals surface area contributed by atoms with Gasteiger partial charge in [0, 0.05) is 23.2 Å². The number of carbonyl (C=O) groups excluding carboxylic acids is 2. The number of hydrogen-bond acceptors (Lipinski definition) is 5. The summed E-state index contributed by atoms with van der Waals surface area (Å²) in [5.74, 6) is -1.52. The maximum atomic E-state index is 13.5. The van der Waals surface area contributed by atoms with E-state index >= 15 is 0 Å². The molecule has 0 aromatic heterocycles. The lowest BCUT2D eigenvalue weighted by Gasteiger charge is -2.27. The topological polar surface area (TPSA) is 109 Å². The third-order valence-corrected chi connectivity index (χ3v) is 7.20. The highest BCUT2D eigenvalue weighted by Crippen LogP contribution is 2.41. The van der Waals surface area contributed by atoms with Gasteiger partial charge in [0.05, 0.1) is 36.6 Å². The van der Waals surface area contributed by atoms with Gasteiger partial charge in [-0.05, 0) is 41.0 Å². The summed E-state index contributed by atoms with van der Waals surface area (Å²) in [5.41, 5.74) is 3.88. The zero-order valence-electron chi connectivity index (χ0n) is 20.5. The first-order valence-electron chi connectivity index (χ1n) is 12.1. The van der Waals surface area contributed by atoms with Gasteiger partial charge in [-0.25, -0.2) is 10.0 Å². The molecule has 5 rings (SSSR count). The fourth-order valence-electron chi connectivity index (χ4n) is 4.88. The molecule has 1 aliphatic carbocycles. The zero-order chi connectivity index (χ0) is 26.8. The molecule has 0 radical (unpaired) electrons. The fourth-order valence-corrected chi connectivity index (χ4v) is 5.27. The Morgan fingerprint density at radius 3 is 2.50 bits per heavy atom. The van der Waals surface area contributed by atoms with Gasteiger partial charge in [0.1, 0.15) is 5.75 Å². The van der Waals surface area contributed by atoms with E-state index in [2.05, 4.69) is 26.0 Å². The molecule has 0 bridgehead atoms. The van der Waals surface area contributed by atoms with Crippen LogP contribution in [0.2, 0.25) is 0 Å². The van der Waals surface area contributed by atoms with Crippen LogP contribution >= 0.6 is 15.9 Å². The molecule has 2 unspecified atom stereocenters. The van der Waals surface area contributed by atoms with E-state index < -0.39 is 23.8 Å². The maximum Gasteiger partial charge on any atom is 0.303 e. The molecule has 0 spiro atoms. The zero-order valence-corrected chi connectivity index (χ0v) is 22.1. The van der Waals surface area contributed by atoms with Gasteiger partial charge >= 0.3 is 5.97 Å². The average Bonchev–Trinajstić information content (AvgIpc) is 3.37. The molecule has 0 fully saturated rings. The van der Waals surface area contributed by atoms with E-state index in [4.69, 9.17) is 9.84 Å². The minimum atomic E-state index is -1.07. The van der Waals surface area contributed by atoms with Crippen LogP contribution in [0.5, 0.6) is 5.75 Å². The third kappa shape index (κ3) is 5.02. The molecule has 1 N–H and O–H groups in total. The van der Waals surface area contributed by atoms with Crippen molar-refractivity contribution in [2.24, 2.45) is 16.0 Å². The molecule has 38 heavy (non-hydrogen) atoms. The molecule has 2 aromatic carbocycles. The number of carbonyl (C=O) groups is 3. The minimum Gasteiger partial charge on any atom is -0.497 e. The van der Waals surface area contributed by atoms with E-state index in [1.807, 2.05) is 60.7 Å². The molecular formula is C29H24BrN3O5. The second kappa shape index (κ2) is 10.7. The lowest BCUT2D eigenvalue weighted by molar-refractivity contribution is -0.141. The van der Waals surface area contributed by atoms with Crippen LogP contribution in [0.4, 0.5) is 0 Å². The van der Waals surface area contributed by atoms with Gasteiger partial charge in [-0.3, -0.25) is 14.4 Å². The first kappa shape index (κ1) is 25.5. The number of nitrogens with zero attached hydrogens (tertiary/aromatic N) is 3. The van der Waals surface area contributed by atoms with Crippen LogP contribution in [-0.2, 0) is 14.4 Å². The summed E-state index contributed by atoms with van der Waals surface area (Å²) in [6.45, 7) is 0. The molecule has 9 heteroatoms. The number of halogens is 1. The van der Waals surface area contributed by atoms with E-state index in [0.717, 1.165) is 21.2 Å². The second-order valence-electron chi connectivity index (χ2n) is 9.03. The molecule has 2 heterocycles. The van der Waals surface area contributed by atoms with Crippen LogP contribution in [0.1, 0.15) is 36.4 Å². The summed E-state index contributed by atoms with van der Waals surface area (Å²) in [4.78, 5) is 42.2. The summed E-state index contributed by atoms with van der Waals surface area (Å²) in [6.07, 6.45) is 5.44. The number of allylic oxidation sites excluding steroid dienone is 5.